The molecule has 0 spiro atoms. The number of hydrogen-bond donors (Lipinski definition) is 3. The van der Waals surface area contributed by atoms with Gasteiger partial charge in [0, 0.05) is 0 Å². The molecule has 8 heteroatoms. The van der Waals surface area contributed by atoms with E-state index in [0.717, 1.165) is 0 Å². The van der Waals surface area contributed by atoms with Crippen LogP contribution in [0, 0.1) is 0 Å². The van der Waals surface area contributed by atoms with E-state index in [2.05, 4.69) is 0 Å². The molecule has 0 aliphatic carbocycles. The molecule has 0 fully saturated rings. The summed E-state index contributed by atoms with van der Waals surface area (Å²) in [6.45, 7) is 0. The summed E-state index contributed by atoms with van der Waals surface area (Å²) >= 11 is 0. The van der Waals surface area contributed by atoms with Gasteiger partial charge in [-0.1, -0.05) is 0 Å². The Hall–Kier alpha value is 1.06. The Kier molecular flexibility index (Phi) is 23.2. The van der Waals surface area contributed by atoms with E-state index < -0.39 is 7.82 Å². The van der Waals surface area contributed by atoms with Gasteiger partial charge in [-0.05, 0) is 0 Å². The monoisotopic (exact) mass is 156 g/mol. The zero-order chi connectivity index (χ0) is 4.50. The predicted octanol–water partition coefficient (Wildman–Crippen LogP) is -2.34. The van der Waals surface area contributed by atoms with E-state index in [1.54, 1.807) is 0 Å². The standard InChI is InChI=1S/BH3.ClH.Li.H3O4P.H/c;;;1-5(2,3)4;/h1H3;1H;;(H3,1,2,3,4);. The molecule has 8 heavy (non-hydrogen) atoms. The van der Waals surface area contributed by atoms with Crippen LogP contribution in [0.25, 0.3) is 0 Å². The summed E-state index contributed by atoms with van der Waals surface area (Å²) in [6, 6.07) is 0. The van der Waals surface area contributed by atoms with Gasteiger partial charge in [-0.2, -0.15) is 0 Å². The van der Waals surface area contributed by atoms with Crippen LogP contribution >= 0.6 is 20.2 Å². The van der Waals surface area contributed by atoms with Gasteiger partial charge >= 0.3 is 26.7 Å². The quantitative estimate of drug-likeness (QED) is 0.271. The molecule has 0 unspecified atom stereocenters. The molecule has 4 nitrogen and oxygen atoms in total. The van der Waals surface area contributed by atoms with Crippen molar-refractivity contribution in [3.63, 3.8) is 0 Å². The van der Waals surface area contributed by atoms with Crippen LogP contribution in [0.1, 0.15) is 0 Å². The summed E-state index contributed by atoms with van der Waals surface area (Å²) in [5.41, 5.74) is 0. The van der Waals surface area contributed by atoms with E-state index in [1.165, 1.54) is 0 Å². The molecule has 0 saturated heterocycles. The second-order valence-electron chi connectivity index (χ2n) is 0.513. The van der Waals surface area contributed by atoms with Crippen molar-refractivity contribution in [1.82, 2.24) is 0 Å². The van der Waals surface area contributed by atoms with Gasteiger partial charge in [0.2, 0.25) is 0 Å². The third-order valence-electron chi connectivity index (χ3n) is 0. The molecule has 0 aromatic heterocycles. The molecule has 0 aliphatic rings. The van der Waals surface area contributed by atoms with Crippen LogP contribution in [-0.4, -0.2) is 42.0 Å². The van der Waals surface area contributed by atoms with Crippen molar-refractivity contribution >= 4 is 47.5 Å². The van der Waals surface area contributed by atoms with Gasteiger partial charge in [-0.3, -0.25) is 0 Å². The molecule has 0 bridgehead atoms. The Balaban J connectivity index is -0.0000000267. The third kappa shape index (κ3) is 230. The van der Waals surface area contributed by atoms with Crippen molar-refractivity contribution in [2.24, 2.45) is 0 Å². The first-order chi connectivity index (χ1) is 2.00. The third-order valence-corrected chi connectivity index (χ3v) is 0. The molecule has 0 atom stereocenters. The predicted molar refractivity (Wildman–Crippen MR) is 38.6 cm³/mol. The van der Waals surface area contributed by atoms with Gasteiger partial charge < -0.3 is 14.7 Å². The average molecular weight is 156 g/mol. The van der Waals surface area contributed by atoms with Crippen molar-refractivity contribution in [2.45, 2.75) is 0 Å². The van der Waals surface area contributed by atoms with Gasteiger partial charge in [-0.25, -0.2) is 4.57 Å². The van der Waals surface area contributed by atoms with E-state index >= 15 is 0 Å². The molecular formula is H8BClLiO4P. The van der Waals surface area contributed by atoms with Crippen LogP contribution in [0.15, 0.2) is 0 Å². The van der Waals surface area contributed by atoms with Crippen molar-refractivity contribution in [2.75, 3.05) is 0 Å². The molecule has 0 aromatic carbocycles. The second-order valence-corrected chi connectivity index (χ2v) is 1.54. The summed E-state index contributed by atoms with van der Waals surface area (Å²) in [7, 11) is -4.64. The van der Waals surface area contributed by atoms with Crippen LogP contribution in [0.5, 0.6) is 0 Å². The van der Waals surface area contributed by atoms with Gasteiger partial charge in [0.1, 0.15) is 0 Å². The van der Waals surface area contributed by atoms with Crippen LogP contribution < -0.4 is 0 Å². The number of rotatable bonds is 0. The van der Waals surface area contributed by atoms with Crippen molar-refractivity contribution in [1.29, 1.82) is 0 Å². The summed E-state index contributed by atoms with van der Waals surface area (Å²) in [5.74, 6) is 0. The average Bonchev–Trinajstić information content (AvgIpc) is 0.722. The summed E-state index contributed by atoms with van der Waals surface area (Å²) in [6.07, 6.45) is 0. The minimum absolute atomic E-state index is 0. The van der Waals surface area contributed by atoms with Gasteiger partial charge in [0.25, 0.3) is 0 Å². The summed E-state index contributed by atoms with van der Waals surface area (Å²) in [5, 5.41) is 0. The number of phosphoric acid groups is 1. The van der Waals surface area contributed by atoms with Crippen LogP contribution in [0.4, 0.5) is 0 Å². The first-order valence-electron chi connectivity index (χ1n) is 0.783. The molecular weight excluding hydrogens is 148 g/mol. The fraction of sp³-hybridized carbons (Fsp3) is 0. The van der Waals surface area contributed by atoms with E-state index in [9.17, 15) is 0 Å². The zero-order valence-electron chi connectivity index (χ0n) is 2.61. The zero-order valence-corrected chi connectivity index (χ0v) is 4.32. The van der Waals surface area contributed by atoms with Crippen LogP contribution in [-0.2, 0) is 4.57 Å². The number of hydrogen-bond acceptors (Lipinski definition) is 1. The first-order valence-corrected chi connectivity index (χ1v) is 2.35. The molecule has 0 radical (unpaired) electrons. The molecule has 0 saturated carbocycles. The molecule has 0 amide bonds. The molecule has 0 heterocycles. The maximum atomic E-state index is 8.88. The fourth-order valence-corrected chi connectivity index (χ4v) is 0. The minimum atomic E-state index is -4.64. The van der Waals surface area contributed by atoms with E-state index in [1.807, 2.05) is 0 Å². The SMILES string of the molecule is B.Cl.O=P(O)(O)O.[LiH]. The molecule has 0 aromatic rings. The van der Waals surface area contributed by atoms with Gasteiger partial charge in [-0.15, -0.1) is 12.4 Å². The van der Waals surface area contributed by atoms with Crippen molar-refractivity contribution in [3.05, 3.63) is 0 Å². The molecule has 48 valence electrons. The Labute approximate surface area is 67.1 Å². The molecule has 0 aliphatic heterocycles. The van der Waals surface area contributed by atoms with Crippen molar-refractivity contribution in [3.8, 4) is 0 Å². The van der Waals surface area contributed by atoms with Gasteiger partial charge in [0.05, 0.1) is 8.41 Å². The maximum absolute atomic E-state index is 8.88. The van der Waals surface area contributed by atoms with Crippen LogP contribution in [0.2, 0.25) is 0 Å². The first kappa shape index (κ1) is 23.0. The Morgan fingerprint density at radius 1 is 1.12 bits per heavy atom. The normalized spacial score (nSPS) is 7.38. The Morgan fingerprint density at radius 2 is 1.12 bits per heavy atom. The number of halogens is 1. The topological polar surface area (TPSA) is 77.8 Å². The van der Waals surface area contributed by atoms with E-state index in [-0.39, 0.29) is 39.7 Å². The molecule has 3 N–H and O–H groups in total. The van der Waals surface area contributed by atoms with Gasteiger partial charge in [0.15, 0.2) is 0 Å². The Bertz CT molecular complexity index is 62.2. The Morgan fingerprint density at radius 3 is 1.12 bits per heavy atom. The summed E-state index contributed by atoms with van der Waals surface area (Å²) in [4.78, 5) is 21.6. The molecule has 0 rings (SSSR count). The summed E-state index contributed by atoms with van der Waals surface area (Å²) < 4.78 is 8.88. The fourth-order valence-electron chi connectivity index (χ4n) is 0. The van der Waals surface area contributed by atoms with E-state index in [0.29, 0.717) is 0 Å². The van der Waals surface area contributed by atoms with Crippen LogP contribution in [0.3, 0.4) is 0 Å². The van der Waals surface area contributed by atoms with Crippen molar-refractivity contribution < 1.29 is 19.2 Å². The van der Waals surface area contributed by atoms with E-state index in [4.69, 9.17) is 19.2 Å². The second kappa shape index (κ2) is 8.06.